The molecule has 0 atom stereocenters. The second-order valence-electron chi connectivity index (χ2n) is 2.91. The summed E-state index contributed by atoms with van der Waals surface area (Å²) < 4.78 is 9.14. The topological polar surface area (TPSA) is 4.93 Å². The fourth-order valence-corrected chi connectivity index (χ4v) is 1.50. The summed E-state index contributed by atoms with van der Waals surface area (Å²) in [6.07, 6.45) is 2.01. The van der Waals surface area contributed by atoms with Crippen molar-refractivity contribution in [2.45, 2.75) is 13.7 Å². The lowest BCUT2D eigenvalue weighted by molar-refractivity contribution is 1.29. The third-order valence-electron chi connectivity index (χ3n) is 2.18. The van der Waals surface area contributed by atoms with Crippen LogP contribution in [0.25, 0.3) is 10.9 Å². The Balaban J connectivity index is 2.61. The molecule has 2 aromatic rings. The van der Waals surface area contributed by atoms with Crippen molar-refractivity contribution in [1.82, 2.24) is 4.48 Å². The van der Waals surface area contributed by atoms with Gasteiger partial charge in [-0.3, -0.25) is 0 Å². The SMILES string of the molecule is [2H]C[B]n1ccc2c(C)cccc21. The van der Waals surface area contributed by atoms with Crippen LogP contribution in [0, 0.1) is 6.92 Å². The molecule has 1 aromatic carbocycles. The normalized spacial score (nSPS) is 11.6. The smallest absolute Gasteiger partial charge is 0.248 e. The van der Waals surface area contributed by atoms with Crippen LogP contribution < -0.4 is 0 Å². The monoisotopic (exact) mass is 157 g/mol. The van der Waals surface area contributed by atoms with E-state index >= 15 is 0 Å². The number of hydrogen-bond acceptors (Lipinski definition) is 0. The third-order valence-corrected chi connectivity index (χ3v) is 2.18. The van der Waals surface area contributed by atoms with E-state index in [0.29, 0.717) is 6.80 Å². The summed E-state index contributed by atoms with van der Waals surface area (Å²) in [5.74, 6) is 0. The summed E-state index contributed by atoms with van der Waals surface area (Å²) in [4.78, 5) is 0. The molecule has 1 nitrogen and oxygen atoms in total. The largest absolute Gasteiger partial charge is 0.397 e. The summed E-state index contributed by atoms with van der Waals surface area (Å²) >= 11 is 0. The van der Waals surface area contributed by atoms with Gasteiger partial charge in [-0.2, -0.15) is 0 Å². The molecule has 0 aliphatic rings. The Kier molecular flexibility index (Phi) is 1.43. The molecule has 2 heteroatoms. The molecule has 0 spiro atoms. The van der Waals surface area contributed by atoms with Gasteiger partial charge in [-0.25, -0.2) is 0 Å². The molecule has 0 saturated carbocycles. The zero-order valence-electron chi connectivity index (χ0n) is 8.12. The maximum atomic E-state index is 7.13. The average Bonchev–Trinajstić information content (AvgIpc) is 2.51. The second-order valence-corrected chi connectivity index (χ2v) is 2.91. The van der Waals surface area contributed by atoms with Gasteiger partial charge in [0.05, 0.1) is 0 Å². The molecule has 1 aromatic heterocycles. The van der Waals surface area contributed by atoms with Crippen LogP contribution in [0.3, 0.4) is 0 Å². The minimum atomic E-state index is 0.317. The molecular weight excluding hydrogens is 145 g/mol. The summed E-state index contributed by atoms with van der Waals surface area (Å²) in [5.41, 5.74) is 2.47. The molecule has 0 aliphatic carbocycles. The van der Waals surface area contributed by atoms with Gasteiger partial charge in [0.25, 0.3) is 0 Å². The van der Waals surface area contributed by atoms with Gasteiger partial charge in [-0.05, 0) is 30.8 Å². The number of aryl methyl sites for hydroxylation is 1. The molecule has 2 rings (SSSR count). The van der Waals surface area contributed by atoms with E-state index in [4.69, 9.17) is 1.37 Å². The van der Waals surface area contributed by atoms with Gasteiger partial charge in [0.2, 0.25) is 7.41 Å². The lowest BCUT2D eigenvalue weighted by Crippen LogP contribution is -1.97. The number of benzene rings is 1. The molecule has 0 unspecified atom stereocenters. The van der Waals surface area contributed by atoms with E-state index in [1.807, 2.05) is 24.2 Å². The van der Waals surface area contributed by atoms with E-state index in [9.17, 15) is 0 Å². The maximum absolute atomic E-state index is 7.13. The standard InChI is InChI=1S/C10H11BN/c1-8-4-3-5-10-9(8)6-7-12(10)11-2/h3-7H,1-2H3/i2D. The molecule has 59 valence electrons. The van der Waals surface area contributed by atoms with Crippen molar-refractivity contribution in [3.05, 3.63) is 36.0 Å². The Hall–Kier alpha value is -1.18. The fourth-order valence-electron chi connectivity index (χ4n) is 1.50. The van der Waals surface area contributed by atoms with Crippen molar-refractivity contribution < 1.29 is 1.37 Å². The molecule has 0 saturated heterocycles. The van der Waals surface area contributed by atoms with Gasteiger partial charge in [0.15, 0.2) is 0 Å². The minimum absolute atomic E-state index is 0.317. The van der Waals surface area contributed by atoms with Crippen molar-refractivity contribution in [2.24, 2.45) is 0 Å². The first-order valence-electron chi connectivity index (χ1n) is 4.72. The Morgan fingerprint density at radius 2 is 2.33 bits per heavy atom. The number of fused-ring (bicyclic) bond motifs is 1. The number of aromatic nitrogens is 1. The summed E-state index contributed by atoms with van der Waals surface area (Å²) in [5, 5.41) is 1.27. The van der Waals surface area contributed by atoms with E-state index in [2.05, 4.69) is 25.1 Å². The van der Waals surface area contributed by atoms with Gasteiger partial charge >= 0.3 is 0 Å². The van der Waals surface area contributed by atoms with Gasteiger partial charge in [0, 0.05) is 12.3 Å². The Morgan fingerprint density at radius 3 is 3.17 bits per heavy atom. The first-order chi connectivity index (χ1) is 6.33. The Labute approximate surface area is 74.7 Å². The highest BCUT2D eigenvalue weighted by Gasteiger charge is 2.00. The Morgan fingerprint density at radius 1 is 1.42 bits per heavy atom. The van der Waals surface area contributed by atoms with Crippen LogP contribution in [0.1, 0.15) is 6.93 Å². The highest BCUT2D eigenvalue weighted by atomic mass is 14.9. The molecule has 0 N–H and O–H groups in total. The van der Waals surface area contributed by atoms with E-state index in [-0.39, 0.29) is 0 Å². The zero-order chi connectivity index (χ0) is 9.26. The average molecular weight is 157 g/mol. The lowest BCUT2D eigenvalue weighted by Gasteiger charge is -2.00. The first-order valence-corrected chi connectivity index (χ1v) is 4.01. The predicted octanol–water partition coefficient (Wildman–Crippen LogP) is 2.47. The van der Waals surface area contributed by atoms with Gasteiger partial charge < -0.3 is 4.48 Å². The van der Waals surface area contributed by atoms with Crippen LogP contribution in [0.15, 0.2) is 30.5 Å². The number of nitrogens with zero attached hydrogens (tertiary/aromatic N) is 1. The molecular formula is C10H11BN. The summed E-state index contributed by atoms with van der Waals surface area (Å²) in [6.45, 7) is 2.42. The van der Waals surface area contributed by atoms with Gasteiger partial charge in [-0.15, -0.1) is 0 Å². The predicted molar refractivity (Wildman–Crippen MR) is 53.7 cm³/mol. The van der Waals surface area contributed by atoms with E-state index in [0.717, 1.165) is 0 Å². The molecule has 1 heterocycles. The first kappa shape index (κ1) is 6.35. The van der Waals surface area contributed by atoms with E-state index in [1.54, 1.807) is 0 Å². The summed E-state index contributed by atoms with van der Waals surface area (Å²) in [6, 6.07) is 8.32. The van der Waals surface area contributed by atoms with Crippen LogP contribution >= 0.6 is 0 Å². The van der Waals surface area contributed by atoms with Crippen molar-refractivity contribution in [2.75, 3.05) is 0 Å². The van der Waals surface area contributed by atoms with Crippen molar-refractivity contribution >= 4 is 18.3 Å². The fraction of sp³-hybridized carbons (Fsp3) is 0.200. The zero-order valence-corrected chi connectivity index (χ0v) is 7.12. The van der Waals surface area contributed by atoms with Crippen LogP contribution in [-0.4, -0.2) is 11.9 Å². The number of rotatable bonds is 1. The van der Waals surface area contributed by atoms with Crippen molar-refractivity contribution in [1.29, 1.82) is 0 Å². The quantitative estimate of drug-likeness (QED) is 0.560. The molecule has 0 fully saturated rings. The number of hydrogen-bond donors (Lipinski definition) is 0. The van der Waals surface area contributed by atoms with Crippen molar-refractivity contribution in [3.63, 3.8) is 0 Å². The van der Waals surface area contributed by atoms with Crippen LogP contribution in [0.4, 0.5) is 0 Å². The highest BCUT2D eigenvalue weighted by Crippen LogP contribution is 2.18. The van der Waals surface area contributed by atoms with E-state index in [1.165, 1.54) is 16.5 Å². The second kappa shape index (κ2) is 2.70. The van der Waals surface area contributed by atoms with Crippen LogP contribution in [0.2, 0.25) is 6.80 Å². The van der Waals surface area contributed by atoms with Gasteiger partial charge in [-0.1, -0.05) is 18.9 Å². The maximum Gasteiger partial charge on any atom is 0.248 e. The molecule has 12 heavy (non-hydrogen) atoms. The van der Waals surface area contributed by atoms with Gasteiger partial charge in [0.1, 0.15) is 0 Å². The Bertz CT molecular complexity index is 422. The molecule has 0 aliphatic heterocycles. The molecule has 0 amide bonds. The summed E-state index contributed by atoms with van der Waals surface area (Å²) in [7, 11) is 1.86. The van der Waals surface area contributed by atoms with Crippen molar-refractivity contribution in [3.8, 4) is 0 Å². The molecule has 0 bridgehead atoms. The highest BCUT2D eigenvalue weighted by molar-refractivity contribution is 6.33. The third kappa shape index (κ3) is 0.952. The molecule has 1 radical (unpaired) electrons. The minimum Gasteiger partial charge on any atom is -0.397 e. The van der Waals surface area contributed by atoms with E-state index < -0.39 is 0 Å². The van der Waals surface area contributed by atoms with Crippen LogP contribution in [0.5, 0.6) is 0 Å². The lowest BCUT2D eigenvalue weighted by atomic mass is 9.99. The van der Waals surface area contributed by atoms with Crippen LogP contribution in [-0.2, 0) is 0 Å².